The highest BCUT2D eigenvalue weighted by atomic mass is 32.1. The van der Waals surface area contributed by atoms with Crippen LogP contribution in [-0.2, 0) is 6.54 Å². The fourth-order valence-electron chi connectivity index (χ4n) is 3.41. The van der Waals surface area contributed by atoms with E-state index in [1.807, 2.05) is 52.7 Å². The Morgan fingerprint density at radius 3 is 2.60 bits per heavy atom. The van der Waals surface area contributed by atoms with Gasteiger partial charge < -0.3 is 5.32 Å². The average Bonchev–Trinajstić information content (AvgIpc) is 3.43. The van der Waals surface area contributed by atoms with Gasteiger partial charge in [-0.15, -0.1) is 11.3 Å². The Labute approximate surface area is 180 Å². The summed E-state index contributed by atoms with van der Waals surface area (Å²) in [6.45, 7) is 4.83. The van der Waals surface area contributed by atoms with Gasteiger partial charge in [0.2, 0.25) is 0 Å². The Kier molecular flexibility index (Phi) is 6.05. The summed E-state index contributed by atoms with van der Waals surface area (Å²) in [5.41, 5.74) is 3.15. The minimum absolute atomic E-state index is 0.0447. The van der Waals surface area contributed by atoms with Gasteiger partial charge in [0.15, 0.2) is 0 Å². The zero-order valence-electron chi connectivity index (χ0n) is 17.0. The number of nitrogens with one attached hydrogen (secondary N) is 1. The number of nitrogens with zero attached hydrogens (tertiary/aromatic N) is 3. The fraction of sp³-hybridized carbons (Fsp3) is 0.208. The molecule has 0 unspecified atom stereocenters. The molecule has 30 heavy (non-hydrogen) atoms. The lowest BCUT2D eigenvalue weighted by molar-refractivity contribution is 0.0927. The van der Waals surface area contributed by atoms with Crippen molar-refractivity contribution in [3.05, 3.63) is 94.6 Å². The predicted molar refractivity (Wildman–Crippen MR) is 120 cm³/mol. The first kappa shape index (κ1) is 20.0. The molecule has 1 atom stereocenters. The second kappa shape index (κ2) is 9.05. The monoisotopic (exact) mass is 416 g/mol. The molecule has 0 fully saturated rings. The van der Waals surface area contributed by atoms with Gasteiger partial charge in [0, 0.05) is 29.0 Å². The van der Waals surface area contributed by atoms with Gasteiger partial charge >= 0.3 is 0 Å². The second-order valence-electron chi connectivity index (χ2n) is 7.53. The molecule has 0 aliphatic carbocycles. The van der Waals surface area contributed by atoms with Crippen molar-refractivity contribution in [1.82, 2.24) is 20.1 Å². The molecule has 1 amide bonds. The lowest BCUT2D eigenvalue weighted by Crippen LogP contribution is -2.31. The zero-order chi connectivity index (χ0) is 20.9. The molecular weight excluding hydrogens is 392 g/mol. The van der Waals surface area contributed by atoms with Crippen LogP contribution in [0.25, 0.3) is 11.3 Å². The van der Waals surface area contributed by atoms with Crippen molar-refractivity contribution in [2.45, 2.75) is 26.4 Å². The Morgan fingerprint density at radius 1 is 1.10 bits per heavy atom. The van der Waals surface area contributed by atoms with Crippen LogP contribution in [0, 0.1) is 5.92 Å². The summed E-state index contributed by atoms with van der Waals surface area (Å²) >= 11 is 1.66. The highest BCUT2D eigenvalue weighted by Crippen LogP contribution is 2.28. The van der Waals surface area contributed by atoms with Gasteiger partial charge in [-0.05, 0) is 35.1 Å². The van der Waals surface area contributed by atoms with E-state index in [0.29, 0.717) is 17.8 Å². The molecule has 0 saturated carbocycles. The third kappa shape index (κ3) is 4.49. The van der Waals surface area contributed by atoms with Crippen LogP contribution in [0.2, 0.25) is 0 Å². The van der Waals surface area contributed by atoms with Crippen LogP contribution in [0.15, 0.2) is 78.6 Å². The molecule has 0 bridgehead atoms. The van der Waals surface area contributed by atoms with Crippen molar-refractivity contribution in [1.29, 1.82) is 0 Å². The predicted octanol–water partition coefficient (Wildman–Crippen LogP) is 5.18. The van der Waals surface area contributed by atoms with E-state index in [4.69, 9.17) is 5.10 Å². The summed E-state index contributed by atoms with van der Waals surface area (Å²) in [4.78, 5) is 18.7. The molecule has 0 saturated heterocycles. The maximum Gasteiger partial charge on any atom is 0.255 e. The standard InChI is InChI=1S/C24H24N4OS/c1-17(2)22(21-11-7-13-30-21)26-24(29)20-16-28(15-18-8-4-3-5-9-18)27-23(20)19-10-6-12-25-14-19/h3-14,16-17,22H,15H2,1-2H3,(H,26,29)/t22-/m1/s1. The smallest absolute Gasteiger partial charge is 0.255 e. The lowest BCUT2D eigenvalue weighted by Gasteiger charge is -2.21. The highest BCUT2D eigenvalue weighted by molar-refractivity contribution is 7.10. The Bertz CT molecular complexity index is 1090. The first-order valence-corrected chi connectivity index (χ1v) is 10.9. The van der Waals surface area contributed by atoms with Crippen LogP contribution in [0.5, 0.6) is 0 Å². The van der Waals surface area contributed by atoms with Crippen LogP contribution in [0.4, 0.5) is 0 Å². The van der Waals surface area contributed by atoms with E-state index in [-0.39, 0.29) is 17.9 Å². The number of hydrogen-bond acceptors (Lipinski definition) is 4. The average molecular weight is 417 g/mol. The van der Waals surface area contributed by atoms with E-state index in [0.717, 1.165) is 16.0 Å². The van der Waals surface area contributed by atoms with Crippen molar-refractivity contribution in [2.75, 3.05) is 0 Å². The first-order valence-electron chi connectivity index (χ1n) is 9.98. The van der Waals surface area contributed by atoms with Gasteiger partial charge in [-0.3, -0.25) is 14.5 Å². The minimum atomic E-state index is -0.125. The van der Waals surface area contributed by atoms with Gasteiger partial charge in [-0.2, -0.15) is 5.10 Å². The molecule has 1 N–H and O–H groups in total. The molecule has 4 rings (SSSR count). The Balaban J connectivity index is 1.67. The van der Waals surface area contributed by atoms with E-state index in [1.165, 1.54) is 0 Å². The highest BCUT2D eigenvalue weighted by Gasteiger charge is 2.24. The van der Waals surface area contributed by atoms with Crippen LogP contribution >= 0.6 is 11.3 Å². The molecule has 0 aliphatic heterocycles. The second-order valence-corrected chi connectivity index (χ2v) is 8.51. The molecule has 1 aromatic carbocycles. The number of hydrogen-bond donors (Lipinski definition) is 1. The minimum Gasteiger partial charge on any atom is -0.344 e. The van der Waals surface area contributed by atoms with E-state index < -0.39 is 0 Å². The number of carbonyl (C=O) groups is 1. The van der Waals surface area contributed by atoms with Crippen molar-refractivity contribution >= 4 is 17.2 Å². The number of pyridine rings is 1. The lowest BCUT2D eigenvalue weighted by atomic mass is 10.0. The Hall–Kier alpha value is -3.25. The van der Waals surface area contributed by atoms with Crippen molar-refractivity contribution < 1.29 is 4.79 Å². The molecule has 0 radical (unpaired) electrons. The van der Waals surface area contributed by atoms with Gasteiger partial charge in [0.25, 0.3) is 5.91 Å². The zero-order valence-corrected chi connectivity index (χ0v) is 17.8. The van der Waals surface area contributed by atoms with E-state index >= 15 is 0 Å². The maximum absolute atomic E-state index is 13.3. The summed E-state index contributed by atoms with van der Waals surface area (Å²) in [6.07, 6.45) is 5.29. The van der Waals surface area contributed by atoms with E-state index in [2.05, 4.69) is 42.3 Å². The third-order valence-electron chi connectivity index (χ3n) is 4.93. The number of amides is 1. The van der Waals surface area contributed by atoms with E-state index in [9.17, 15) is 4.79 Å². The van der Waals surface area contributed by atoms with Gasteiger partial charge in [-0.25, -0.2) is 0 Å². The van der Waals surface area contributed by atoms with Crippen LogP contribution < -0.4 is 5.32 Å². The number of rotatable bonds is 7. The van der Waals surface area contributed by atoms with Gasteiger partial charge in [0.05, 0.1) is 18.2 Å². The largest absolute Gasteiger partial charge is 0.344 e. The van der Waals surface area contributed by atoms with Crippen molar-refractivity contribution in [3.8, 4) is 11.3 Å². The molecule has 0 aliphatic rings. The maximum atomic E-state index is 13.3. The third-order valence-corrected chi connectivity index (χ3v) is 5.89. The SMILES string of the molecule is CC(C)[C@@H](NC(=O)c1cn(Cc2ccccc2)nc1-c1cccnc1)c1cccs1. The van der Waals surface area contributed by atoms with Crippen molar-refractivity contribution in [2.24, 2.45) is 5.92 Å². The number of carbonyl (C=O) groups excluding carboxylic acids is 1. The molecule has 6 heteroatoms. The van der Waals surface area contributed by atoms with Gasteiger partial charge in [-0.1, -0.05) is 50.2 Å². The van der Waals surface area contributed by atoms with Gasteiger partial charge in [0.1, 0.15) is 5.69 Å². The Morgan fingerprint density at radius 2 is 1.93 bits per heavy atom. The van der Waals surface area contributed by atoms with Crippen LogP contribution in [-0.4, -0.2) is 20.7 Å². The molecular formula is C24H24N4OS. The molecule has 3 heterocycles. The molecule has 5 nitrogen and oxygen atoms in total. The molecule has 3 aromatic heterocycles. The van der Waals surface area contributed by atoms with E-state index in [1.54, 1.807) is 23.7 Å². The molecule has 4 aromatic rings. The summed E-state index contributed by atoms with van der Waals surface area (Å²) < 4.78 is 1.82. The number of thiophene rings is 1. The summed E-state index contributed by atoms with van der Waals surface area (Å²) in [6, 6.07) is 17.9. The quantitative estimate of drug-likeness (QED) is 0.451. The number of aromatic nitrogens is 3. The normalized spacial score (nSPS) is 12.1. The molecule has 152 valence electrons. The molecule has 0 spiro atoms. The van der Waals surface area contributed by atoms with Crippen molar-refractivity contribution in [3.63, 3.8) is 0 Å². The summed E-state index contributed by atoms with van der Waals surface area (Å²) in [5.74, 6) is 0.147. The number of benzene rings is 1. The van der Waals surface area contributed by atoms with Crippen LogP contribution in [0.3, 0.4) is 0 Å². The fourth-order valence-corrected chi connectivity index (χ4v) is 4.36. The topological polar surface area (TPSA) is 59.8 Å². The van der Waals surface area contributed by atoms with Crippen LogP contribution in [0.1, 0.15) is 40.7 Å². The summed E-state index contributed by atoms with van der Waals surface area (Å²) in [7, 11) is 0. The first-order chi connectivity index (χ1) is 14.6. The summed E-state index contributed by atoms with van der Waals surface area (Å²) in [5, 5.41) is 9.99.